The highest BCUT2D eigenvalue weighted by atomic mass is 16.5. The lowest BCUT2D eigenvalue weighted by atomic mass is 9.99. The van der Waals surface area contributed by atoms with Crippen LogP contribution in [0.5, 0.6) is 0 Å². The molecule has 1 aromatic carbocycles. The quantitative estimate of drug-likeness (QED) is 0.485. The number of esters is 1. The molecule has 1 saturated heterocycles. The Morgan fingerprint density at radius 1 is 1.22 bits per heavy atom. The third kappa shape index (κ3) is 4.23. The molecule has 27 heavy (non-hydrogen) atoms. The normalized spacial score (nSPS) is 22.4. The zero-order valence-electron chi connectivity index (χ0n) is 16.3. The maximum atomic E-state index is 12.6. The fraction of sp³-hybridized carbons (Fsp3) is 0.550. The monoisotopic (exact) mass is 372 g/mol. The number of aliphatic imine (C=N–C) groups is 1. The first-order valence-electron chi connectivity index (χ1n) is 9.41. The molecule has 0 radical (unpaired) electrons. The van der Waals surface area contributed by atoms with Crippen LogP contribution in [-0.4, -0.2) is 68.0 Å². The Kier molecular flexibility index (Phi) is 5.98. The molecule has 146 valence electrons. The zero-order chi connectivity index (χ0) is 19.4. The molecule has 1 fully saturated rings. The van der Waals surface area contributed by atoms with Crippen molar-refractivity contribution in [2.75, 3.05) is 40.3 Å². The fourth-order valence-corrected chi connectivity index (χ4v) is 3.91. The number of hydrogen-bond acceptors (Lipinski definition) is 4. The van der Waals surface area contributed by atoms with E-state index in [0.717, 1.165) is 13.0 Å². The van der Waals surface area contributed by atoms with Crippen molar-refractivity contribution in [1.82, 2.24) is 15.1 Å². The van der Waals surface area contributed by atoms with E-state index < -0.39 is 0 Å². The van der Waals surface area contributed by atoms with Gasteiger partial charge in [0.05, 0.1) is 19.6 Å². The van der Waals surface area contributed by atoms with Crippen LogP contribution in [0.15, 0.2) is 29.3 Å². The van der Waals surface area contributed by atoms with E-state index in [2.05, 4.69) is 22.4 Å². The van der Waals surface area contributed by atoms with Crippen LogP contribution >= 0.6 is 0 Å². The van der Waals surface area contributed by atoms with Crippen LogP contribution in [0, 0.1) is 11.8 Å². The summed E-state index contributed by atoms with van der Waals surface area (Å²) < 4.78 is 4.89. The van der Waals surface area contributed by atoms with E-state index in [4.69, 9.17) is 4.74 Å². The van der Waals surface area contributed by atoms with Crippen LogP contribution in [0.25, 0.3) is 0 Å². The molecule has 1 aromatic rings. The second kappa shape index (κ2) is 8.41. The third-order valence-corrected chi connectivity index (χ3v) is 5.51. The van der Waals surface area contributed by atoms with Gasteiger partial charge in [0.15, 0.2) is 5.96 Å². The number of amides is 1. The first-order chi connectivity index (χ1) is 13.0. The summed E-state index contributed by atoms with van der Waals surface area (Å²) in [6.07, 6.45) is 0.890. The third-order valence-electron chi connectivity index (χ3n) is 5.51. The number of nitrogens with zero attached hydrogens (tertiary/aromatic N) is 3. The molecule has 2 atom stereocenters. The van der Waals surface area contributed by atoms with Gasteiger partial charge in [0.2, 0.25) is 5.91 Å². The van der Waals surface area contributed by atoms with Gasteiger partial charge in [0.1, 0.15) is 0 Å². The van der Waals surface area contributed by atoms with Crippen molar-refractivity contribution >= 4 is 17.8 Å². The summed E-state index contributed by atoms with van der Waals surface area (Å²) >= 11 is 0. The largest absolute Gasteiger partial charge is 0.469 e. The van der Waals surface area contributed by atoms with Crippen molar-refractivity contribution in [2.45, 2.75) is 19.9 Å². The minimum Gasteiger partial charge on any atom is -0.469 e. The molecule has 0 saturated carbocycles. The molecule has 7 nitrogen and oxygen atoms in total. The number of ether oxygens (including phenoxy) is 1. The molecule has 2 aliphatic rings. The van der Waals surface area contributed by atoms with E-state index >= 15 is 0 Å². The topological polar surface area (TPSA) is 74.2 Å². The number of hydrogen-bond donors (Lipinski definition) is 1. The van der Waals surface area contributed by atoms with Crippen molar-refractivity contribution in [2.24, 2.45) is 16.8 Å². The number of benzene rings is 1. The van der Waals surface area contributed by atoms with Crippen LogP contribution < -0.4 is 5.32 Å². The van der Waals surface area contributed by atoms with E-state index in [-0.39, 0.29) is 30.3 Å². The number of nitrogens with one attached hydrogen (secondary N) is 1. The van der Waals surface area contributed by atoms with Crippen LogP contribution in [-0.2, 0) is 27.3 Å². The fourth-order valence-electron chi connectivity index (χ4n) is 3.91. The highest BCUT2D eigenvalue weighted by Crippen LogP contribution is 2.24. The lowest BCUT2D eigenvalue weighted by Gasteiger charge is -2.29. The van der Waals surface area contributed by atoms with E-state index in [0.29, 0.717) is 25.6 Å². The summed E-state index contributed by atoms with van der Waals surface area (Å²) in [6, 6.07) is 8.27. The molecule has 7 heteroatoms. The second-order valence-corrected chi connectivity index (χ2v) is 7.25. The van der Waals surface area contributed by atoms with Gasteiger partial charge in [-0.1, -0.05) is 31.2 Å². The summed E-state index contributed by atoms with van der Waals surface area (Å²) in [5.41, 5.74) is 2.54. The molecule has 1 amide bonds. The molecule has 0 aromatic heterocycles. The highest BCUT2D eigenvalue weighted by molar-refractivity contribution is 5.87. The number of guanidine groups is 1. The summed E-state index contributed by atoms with van der Waals surface area (Å²) in [4.78, 5) is 32.7. The average Bonchev–Trinajstić information content (AvgIpc) is 3.08. The van der Waals surface area contributed by atoms with Crippen LogP contribution in [0.3, 0.4) is 0 Å². The Labute approximate surface area is 160 Å². The van der Waals surface area contributed by atoms with Gasteiger partial charge >= 0.3 is 5.97 Å². The molecule has 0 bridgehead atoms. The summed E-state index contributed by atoms with van der Waals surface area (Å²) in [5.74, 6) is 0.540. The lowest BCUT2D eigenvalue weighted by Crippen LogP contribution is -2.47. The highest BCUT2D eigenvalue weighted by Gasteiger charge is 2.37. The minimum absolute atomic E-state index is 0.0578. The standard InChI is InChI=1S/C20H28N4O3/c1-14-11-24(13-17(14)19(26)27-3)20(21-2)22-10-18(25)23-9-8-15-6-4-5-7-16(15)12-23/h4-7,14,17H,8-13H2,1-3H3,(H,21,22). The van der Waals surface area contributed by atoms with Gasteiger partial charge in [-0.3, -0.25) is 14.6 Å². The molecule has 3 rings (SSSR count). The summed E-state index contributed by atoms with van der Waals surface area (Å²) in [7, 11) is 3.11. The van der Waals surface area contributed by atoms with Crippen LogP contribution in [0.2, 0.25) is 0 Å². The van der Waals surface area contributed by atoms with E-state index in [1.165, 1.54) is 18.2 Å². The lowest BCUT2D eigenvalue weighted by molar-refractivity contribution is -0.146. The number of carbonyl (C=O) groups excluding carboxylic acids is 2. The van der Waals surface area contributed by atoms with E-state index in [1.54, 1.807) is 7.05 Å². The summed E-state index contributed by atoms with van der Waals surface area (Å²) in [5, 5.41) is 3.16. The van der Waals surface area contributed by atoms with Gasteiger partial charge in [-0.2, -0.15) is 0 Å². The molecule has 0 spiro atoms. The number of likely N-dealkylation sites (tertiary alicyclic amines) is 1. The Morgan fingerprint density at radius 3 is 2.67 bits per heavy atom. The SMILES string of the molecule is CN=C(NCC(=O)N1CCc2ccccc2C1)N1CC(C)C(C(=O)OC)C1. The van der Waals surface area contributed by atoms with Crippen molar-refractivity contribution in [3.63, 3.8) is 0 Å². The van der Waals surface area contributed by atoms with Crippen LogP contribution in [0.1, 0.15) is 18.1 Å². The van der Waals surface area contributed by atoms with Gasteiger partial charge in [0.25, 0.3) is 0 Å². The van der Waals surface area contributed by atoms with Crippen molar-refractivity contribution < 1.29 is 14.3 Å². The van der Waals surface area contributed by atoms with Gasteiger partial charge in [-0.25, -0.2) is 0 Å². The maximum absolute atomic E-state index is 12.6. The van der Waals surface area contributed by atoms with Crippen LogP contribution in [0.4, 0.5) is 0 Å². The predicted molar refractivity (Wildman–Crippen MR) is 103 cm³/mol. The number of fused-ring (bicyclic) bond motifs is 1. The predicted octanol–water partition coefficient (Wildman–Crippen LogP) is 0.888. The molecular formula is C20H28N4O3. The van der Waals surface area contributed by atoms with Gasteiger partial charge in [-0.15, -0.1) is 0 Å². The first-order valence-corrected chi connectivity index (χ1v) is 9.41. The van der Waals surface area contributed by atoms with E-state index in [1.807, 2.05) is 28.9 Å². The van der Waals surface area contributed by atoms with Crippen molar-refractivity contribution in [3.8, 4) is 0 Å². The van der Waals surface area contributed by atoms with Gasteiger partial charge in [0, 0.05) is 33.2 Å². The maximum Gasteiger partial charge on any atom is 0.310 e. The van der Waals surface area contributed by atoms with Crippen molar-refractivity contribution in [3.05, 3.63) is 35.4 Å². The molecule has 0 aliphatic carbocycles. The molecule has 2 unspecified atom stereocenters. The second-order valence-electron chi connectivity index (χ2n) is 7.25. The summed E-state index contributed by atoms with van der Waals surface area (Å²) in [6.45, 7) is 4.89. The molecule has 2 heterocycles. The first kappa shape index (κ1) is 19.2. The number of rotatable bonds is 3. The Hall–Kier alpha value is -2.57. The molecule has 1 N–H and O–H groups in total. The average molecular weight is 372 g/mol. The molecule has 2 aliphatic heterocycles. The number of carbonyl (C=O) groups is 2. The van der Waals surface area contributed by atoms with Gasteiger partial charge in [-0.05, 0) is 23.5 Å². The molecular weight excluding hydrogens is 344 g/mol. The Morgan fingerprint density at radius 2 is 1.96 bits per heavy atom. The minimum atomic E-state index is -0.191. The Bertz CT molecular complexity index is 734. The van der Waals surface area contributed by atoms with E-state index in [9.17, 15) is 9.59 Å². The van der Waals surface area contributed by atoms with Gasteiger partial charge < -0.3 is 19.9 Å². The zero-order valence-corrected chi connectivity index (χ0v) is 16.3. The number of methoxy groups -OCH3 is 1. The smallest absolute Gasteiger partial charge is 0.310 e. The van der Waals surface area contributed by atoms with Crippen molar-refractivity contribution in [1.29, 1.82) is 0 Å². The Balaban J connectivity index is 1.54.